The van der Waals surface area contributed by atoms with Gasteiger partial charge in [0, 0.05) is 19.6 Å². The first-order valence-electron chi connectivity index (χ1n) is 6.57. The fourth-order valence-corrected chi connectivity index (χ4v) is 2.55. The Labute approximate surface area is 118 Å². The van der Waals surface area contributed by atoms with E-state index in [4.69, 9.17) is 9.59 Å². The van der Waals surface area contributed by atoms with Crippen LogP contribution in [0.2, 0.25) is 0 Å². The van der Waals surface area contributed by atoms with E-state index in [1.54, 1.807) is 0 Å². The van der Waals surface area contributed by atoms with Crippen LogP contribution in [-0.4, -0.2) is 11.1 Å². The van der Waals surface area contributed by atoms with Gasteiger partial charge in [0.2, 0.25) is 0 Å². The van der Waals surface area contributed by atoms with Crippen LogP contribution in [0, 0.1) is 6.92 Å². The van der Waals surface area contributed by atoms with Gasteiger partial charge < -0.3 is 0 Å². The molecule has 0 saturated carbocycles. The molecule has 0 fully saturated rings. The number of hydrogen-bond donors (Lipinski definition) is 0. The summed E-state index contributed by atoms with van der Waals surface area (Å²) >= 11 is 0. The maximum absolute atomic E-state index is 8.12. The van der Waals surface area contributed by atoms with Gasteiger partial charge in [-0.15, -0.1) is 0 Å². The van der Waals surface area contributed by atoms with Crippen LogP contribution in [0.5, 0.6) is 0 Å². The molecule has 0 spiro atoms. The maximum Gasteiger partial charge on any atom is 0.373 e. The van der Waals surface area contributed by atoms with E-state index >= 15 is 0 Å². The van der Waals surface area contributed by atoms with Crippen LogP contribution in [0.1, 0.15) is 22.3 Å². The molecule has 1 heterocycles. The van der Waals surface area contributed by atoms with Crippen LogP contribution in [0.25, 0.3) is 0 Å². The van der Waals surface area contributed by atoms with Crippen LogP contribution < -0.4 is 0 Å². The van der Waals surface area contributed by atoms with Gasteiger partial charge in [0.15, 0.2) is 0 Å². The molecule has 0 N–H and O–H groups in total. The Balaban J connectivity index is 0.000000452. The molecule has 2 aromatic rings. The number of rotatable bonds is 2. The van der Waals surface area contributed by atoms with Crippen LogP contribution in [0.15, 0.2) is 48.5 Å². The minimum atomic E-state index is 0.250. The number of aryl methyl sites for hydroxylation is 1. The molecule has 0 unspecified atom stereocenters. The number of carbonyl (C=O) groups excluding carboxylic acids is 2. The molecule has 0 amide bonds. The van der Waals surface area contributed by atoms with Gasteiger partial charge in [0.1, 0.15) is 0 Å². The molecule has 2 aromatic carbocycles. The molecular weight excluding hydrogens is 250 g/mol. The molecule has 3 rings (SSSR count). The van der Waals surface area contributed by atoms with Gasteiger partial charge in [0.25, 0.3) is 0 Å². The molecule has 0 radical (unpaired) electrons. The van der Waals surface area contributed by atoms with E-state index in [-0.39, 0.29) is 6.15 Å². The topological polar surface area (TPSA) is 37.4 Å². The average Bonchev–Trinajstić information content (AvgIpc) is 2.82. The lowest BCUT2D eigenvalue weighted by atomic mass is 10.1. The lowest BCUT2D eigenvalue weighted by Crippen LogP contribution is -2.15. The largest absolute Gasteiger partial charge is 0.373 e. The van der Waals surface area contributed by atoms with Crippen LogP contribution >= 0.6 is 0 Å². The molecule has 0 bridgehead atoms. The Bertz CT molecular complexity index is 602. The van der Waals surface area contributed by atoms with E-state index in [9.17, 15) is 0 Å². The van der Waals surface area contributed by atoms with Gasteiger partial charge in [-0.05, 0) is 23.6 Å². The van der Waals surface area contributed by atoms with Gasteiger partial charge >= 0.3 is 6.15 Å². The van der Waals surface area contributed by atoms with Crippen molar-refractivity contribution in [2.75, 3.05) is 0 Å². The van der Waals surface area contributed by atoms with Gasteiger partial charge in [-0.3, -0.25) is 4.90 Å². The molecule has 3 heteroatoms. The van der Waals surface area contributed by atoms with E-state index in [2.05, 4.69) is 60.4 Å². The van der Waals surface area contributed by atoms with Gasteiger partial charge in [0.05, 0.1) is 0 Å². The van der Waals surface area contributed by atoms with Crippen molar-refractivity contribution in [2.45, 2.75) is 26.6 Å². The molecule has 102 valence electrons. The highest BCUT2D eigenvalue weighted by molar-refractivity contribution is 5.34. The number of nitrogens with zero attached hydrogens (tertiary/aromatic N) is 1. The standard InChI is InChI=1S/C16H17N.CO2/c1-13-7-8-15-11-17(12-16(15)9-13)10-14-5-3-2-4-6-14;2-1-3/h2-9H,10-12H2,1H3;. The van der Waals surface area contributed by atoms with Crippen molar-refractivity contribution >= 4 is 6.15 Å². The zero-order chi connectivity index (χ0) is 14.4. The predicted molar refractivity (Wildman–Crippen MR) is 75.6 cm³/mol. The minimum Gasteiger partial charge on any atom is -0.291 e. The Kier molecular flexibility index (Phi) is 4.83. The maximum atomic E-state index is 8.12. The molecule has 1 aliphatic heterocycles. The Morgan fingerprint density at radius 2 is 1.65 bits per heavy atom. The molecule has 0 aliphatic carbocycles. The summed E-state index contributed by atoms with van der Waals surface area (Å²) in [6.45, 7) is 5.39. The second-order valence-electron chi connectivity index (χ2n) is 4.99. The summed E-state index contributed by atoms with van der Waals surface area (Å²) in [6.07, 6.45) is 0.250. The van der Waals surface area contributed by atoms with Crippen LogP contribution in [0.3, 0.4) is 0 Å². The van der Waals surface area contributed by atoms with E-state index in [0.29, 0.717) is 0 Å². The molecule has 0 atom stereocenters. The molecular formula is C17H17NO2. The van der Waals surface area contributed by atoms with Crippen LogP contribution in [-0.2, 0) is 29.2 Å². The molecule has 1 aliphatic rings. The van der Waals surface area contributed by atoms with E-state index in [0.717, 1.165) is 19.6 Å². The van der Waals surface area contributed by atoms with Crippen molar-refractivity contribution in [1.82, 2.24) is 4.90 Å². The van der Waals surface area contributed by atoms with E-state index in [1.165, 1.54) is 22.3 Å². The smallest absolute Gasteiger partial charge is 0.291 e. The highest BCUT2D eigenvalue weighted by atomic mass is 16.2. The van der Waals surface area contributed by atoms with Crippen molar-refractivity contribution in [1.29, 1.82) is 0 Å². The predicted octanol–water partition coefficient (Wildman–Crippen LogP) is 2.93. The monoisotopic (exact) mass is 267 g/mol. The first-order chi connectivity index (χ1) is 9.72. The first-order valence-corrected chi connectivity index (χ1v) is 6.57. The summed E-state index contributed by atoms with van der Waals surface area (Å²) < 4.78 is 0. The quantitative estimate of drug-likeness (QED) is 0.839. The summed E-state index contributed by atoms with van der Waals surface area (Å²) in [4.78, 5) is 18.7. The zero-order valence-electron chi connectivity index (χ0n) is 11.5. The third kappa shape index (κ3) is 3.64. The summed E-state index contributed by atoms with van der Waals surface area (Å²) in [7, 11) is 0. The number of benzene rings is 2. The third-order valence-corrected chi connectivity index (χ3v) is 3.40. The Hall–Kier alpha value is -2.22. The van der Waals surface area contributed by atoms with Gasteiger partial charge in [-0.25, -0.2) is 0 Å². The zero-order valence-corrected chi connectivity index (χ0v) is 11.5. The van der Waals surface area contributed by atoms with Crippen molar-refractivity contribution < 1.29 is 9.59 Å². The van der Waals surface area contributed by atoms with E-state index < -0.39 is 0 Å². The van der Waals surface area contributed by atoms with E-state index in [1.807, 2.05) is 0 Å². The average molecular weight is 267 g/mol. The van der Waals surface area contributed by atoms with Crippen molar-refractivity contribution in [2.24, 2.45) is 0 Å². The fraction of sp³-hybridized carbons (Fsp3) is 0.235. The lowest BCUT2D eigenvalue weighted by molar-refractivity contribution is -0.191. The fourth-order valence-electron chi connectivity index (χ4n) is 2.55. The lowest BCUT2D eigenvalue weighted by Gasteiger charge is -2.14. The SMILES string of the molecule is Cc1ccc2c(c1)CN(Cc1ccccc1)C2.O=C=O. The van der Waals surface area contributed by atoms with Crippen molar-refractivity contribution in [3.05, 3.63) is 70.8 Å². The molecule has 0 saturated heterocycles. The Morgan fingerprint density at radius 1 is 1.00 bits per heavy atom. The van der Waals surface area contributed by atoms with Crippen molar-refractivity contribution in [3.8, 4) is 0 Å². The van der Waals surface area contributed by atoms with Gasteiger partial charge in [-0.2, -0.15) is 9.59 Å². The molecule has 20 heavy (non-hydrogen) atoms. The normalized spacial score (nSPS) is 13.1. The van der Waals surface area contributed by atoms with Crippen LogP contribution in [0.4, 0.5) is 0 Å². The third-order valence-electron chi connectivity index (χ3n) is 3.40. The second kappa shape index (κ2) is 6.80. The Morgan fingerprint density at radius 3 is 2.35 bits per heavy atom. The number of fused-ring (bicyclic) bond motifs is 1. The minimum absolute atomic E-state index is 0.250. The molecule has 3 nitrogen and oxygen atoms in total. The summed E-state index contributed by atoms with van der Waals surface area (Å²) in [5.74, 6) is 0. The van der Waals surface area contributed by atoms with Crippen molar-refractivity contribution in [3.63, 3.8) is 0 Å². The second-order valence-corrected chi connectivity index (χ2v) is 4.99. The number of hydrogen-bond acceptors (Lipinski definition) is 3. The highest BCUT2D eigenvalue weighted by Gasteiger charge is 2.18. The summed E-state index contributed by atoms with van der Waals surface area (Å²) in [5.41, 5.74) is 5.76. The summed E-state index contributed by atoms with van der Waals surface area (Å²) in [6, 6.07) is 17.5. The first kappa shape index (κ1) is 14.2. The summed E-state index contributed by atoms with van der Waals surface area (Å²) in [5, 5.41) is 0. The van der Waals surface area contributed by atoms with Gasteiger partial charge in [-0.1, -0.05) is 54.1 Å². The molecule has 0 aromatic heterocycles. The highest BCUT2D eigenvalue weighted by Crippen LogP contribution is 2.24.